The lowest BCUT2D eigenvalue weighted by atomic mass is 9.93. The van der Waals surface area contributed by atoms with Crippen LogP contribution >= 0.6 is 0 Å². The highest BCUT2D eigenvalue weighted by molar-refractivity contribution is 5.90. The third kappa shape index (κ3) is 5.62. The molecular formula is C26H31FN4O. The molecule has 1 N–H and O–H groups in total. The third-order valence-corrected chi connectivity index (χ3v) is 6.10. The van der Waals surface area contributed by atoms with Crippen molar-refractivity contribution in [3.8, 4) is 5.69 Å². The van der Waals surface area contributed by atoms with E-state index in [0.29, 0.717) is 12.3 Å². The van der Waals surface area contributed by atoms with Gasteiger partial charge in [0.1, 0.15) is 5.82 Å². The minimum Gasteiger partial charge on any atom is -0.324 e. The maximum Gasteiger partial charge on any atom is 0.224 e. The van der Waals surface area contributed by atoms with Crippen LogP contribution in [0.5, 0.6) is 0 Å². The van der Waals surface area contributed by atoms with Crippen molar-refractivity contribution in [3.63, 3.8) is 0 Å². The highest BCUT2D eigenvalue weighted by Gasteiger charge is 2.21. The molecule has 1 aliphatic heterocycles. The zero-order valence-corrected chi connectivity index (χ0v) is 18.9. The summed E-state index contributed by atoms with van der Waals surface area (Å²) in [4.78, 5) is 14.8. The summed E-state index contributed by atoms with van der Waals surface area (Å²) in [6.07, 6.45) is 3.51. The van der Waals surface area contributed by atoms with Gasteiger partial charge in [0.15, 0.2) is 0 Å². The summed E-state index contributed by atoms with van der Waals surface area (Å²) in [5.74, 6) is -0.0356. The number of aromatic nitrogens is 2. The third-order valence-electron chi connectivity index (χ3n) is 6.10. The van der Waals surface area contributed by atoms with Crippen molar-refractivity contribution >= 4 is 11.6 Å². The lowest BCUT2D eigenvalue weighted by Crippen LogP contribution is -2.35. The predicted molar refractivity (Wildman–Crippen MR) is 125 cm³/mol. The topological polar surface area (TPSA) is 50.2 Å². The maximum atomic E-state index is 13.7. The molecule has 0 radical (unpaired) electrons. The first-order valence-electron chi connectivity index (χ1n) is 11.4. The van der Waals surface area contributed by atoms with Crippen molar-refractivity contribution in [2.45, 2.75) is 46.1 Å². The standard InChI is InChI=1S/C26H31FN4O/c1-19-15-20(2)31(29-19)23-9-5-7-22(16-23)18-30-14-6-8-21(17-30)12-13-26(32)28-25-11-4-3-10-24(25)27/h3-5,7,9-11,15-16,21H,6,8,12-14,17-18H2,1-2H3,(H,28,32). The van der Waals surface area contributed by atoms with Gasteiger partial charge in [-0.25, -0.2) is 9.07 Å². The molecule has 4 rings (SSSR count). The Morgan fingerprint density at radius 3 is 2.78 bits per heavy atom. The van der Waals surface area contributed by atoms with Crippen molar-refractivity contribution in [1.82, 2.24) is 14.7 Å². The molecule has 6 heteroatoms. The van der Waals surface area contributed by atoms with Crippen LogP contribution in [0.1, 0.15) is 42.6 Å². The van der Waals surface area contributed by atoms with Gasteiger partial charge in [0, 0.05) is 25.2 Å². The maximum absolute atomic E-state index is 13.7. The first kappa shape index (κ1) is 22.2. The van der Waals surface area contributed by atoms with Crippen LogP contribution in [0, 0.1) is 25.6 Å². The van der Waals surface area contributed by atoms with Crippen LogP contribution in [0.15, 0.2) is 54.6 Å². The van der Waals surface area contributed by atoms with Crippen molar-refractivity contribution < 1.29 is 9.18 Å². The monoisotopic (exact) mass is 434 g/mol. The summed E-state index contributed by atoms with van der Waals surface area (Å²) in [6.45, 7) is 7.03. The quantitative estimate of drug-likeness (QED) is 0.552. The van der Waals surface area contributed by atoms with Gasteiger partial charge in [-0.2, -0.15) is 5.10 Å². The normalized spacial score (nSPS) is 16.8. The molecule has 2 aromatic carbocycles. The summed E-state index contributed by atoms with van der Waals surface area (Å²) < 4.78 is 15.7. The van der Waals surface area contributed by atoms with E-state index in [9.17, 15) is 9.18 Å². The fraction of sp³-hybridized carbons (Fsp3) is 0.385. The molecule has 168 valence electrons. The second-order valence-corrected chi connectivity index (χ2v) is 8.82. The Morgan fingerprint density at radius 2 is 2.00 bits per heavy atom. The molecule has 32 heavy (non-hydrogen) atoms. The number of hydrogen-bond donors (Lipinski definition) is 1. The highest BCUT2D eigenvalue weighted by Crippen LogP contribution is 2.24. The minimum absolute atomic E-state index is 0.121. The van der Waals surface area contributed by atoms with Gasteiger partial charge in [-0.1, -0.05) is 24.3 Å². The SMILES string of the molecule is Cc1cc(C)n(-c2cccc(CN3CCCC(CCC(=O)Nc4ccccc4F)C3)c2)n1. The molecule has 5 nitrogen and oxygen atoms in total. The number of carbonyl (C=O) groups is 1. The van der Waals surface area contributed by atoms with E-state index in [2.05, 4.69) is 52.6 Å². The fourth-order valence-corrected chi connectivity index (χ4v) is 4.58. The molecular weight excluding hydrogens is 403 g/mol. The Kier molecular flexibility index (Phi) is 7.00. The summed E-state index contributed by atoms with van der Waals surface area (Å²) in [7, 11) is 0. The Hall–Kier alpha value is -2.99. The van der Waals surface area contributed by atoms with Crippen LogP contribution in [0.25, 0.3) is 5.69 Å². The Bertz CT molecular complexity index is 1080. The summed E-state index contributed by atoms with van der Waals surface area (Å²) in [6, 6.07) is 17.0. The molecule has 0 spiro atoms. The first-order chi connectivity index (χ1) is 15.5. The number of carbonyl (C=O) groups excluding carboxylic acids is 1. The Balaban J connectivity index is 1.31. The van der Waals surface area contributed by atoms with Crippen molar-refractivity contribution in [2.75, 3.05) is 18.4 Å². The van der Waals surface area contributed by atoms with Gasteiger partial charge in [-0.3, -0.25) is 9.69 Å². The van der Waals surface area contributed by atoms with Crippen LogP contribution in [0.4, 0.5) is 10.1 Å². The Labute approximate surface area is 189 Å². The summed E-state index contributed by atoms with van der Waals surface area (Å²) in [5.41, 5.74) is 4.77. The van der Waals surface area contributed by atoms with Crippen LogP contribution in [0.3, 0.4) is 0 Å². The first-order valence-corrected chi connectivity index (χ1v) is 11.4. The number of nitrogens with zero attached hydrogens (tertiary/aromatic N) is 3. The molecule has 2 heterocycles. The minimum atomic E-state index is -0.396. The number of likely N-dealkylation sites (tertiary alicyclic amines) is 1. The molecule has 0 saturated carbocycles. The molecule has 1 atom stereocenters. The van der Waals surface area contributed by atoms with Crippen molar-refractivity contribution in [3.05, 3.63) is 77.4 Å². The van der Waals surface area contributed by atoms with Gasteiger partial charge < -0.3 is 5.32 Å². The van der Waals surface area contributed by atoms with Gasteiger partial charge in [-0.15, -0.1) is 0 Å². The number of piperidine rings is 1. The predicted octanol–water partition coefficient (Wildman–Crippen LogP) is 5.26. The number of benzene rings is 2. The number of para-hydroxylation sites is 1. The average Bonchev–Trinajstić information content (AvgIpc) is 3.12. The summed E-state index contributed by atoms with van der Waals surface area (Å²) >= 11 is 0. The van der Waals surface area contributed by atoms with Gasteiger partial charge in [0.2, 0.25) is 5.91 Å². The van der Waals surface area contributed by atoms with E-state index < -0.39 is 5.82 Å². The molecule has 1 unspecified atom stereocenters. The number of anilines is 1. The molecule has 0 bridgehead atoms. The van der Waals surface area contributed by atoms with Gasteiger partial charge in [0.25, 0.3) is 0 Å². The highest BCUT2D eigenvalue weighted by atomic mass is 19.1. The molecule has 1 aromatic heterocycles. The van der Waals surface area contributed by atoms with E-state index in [1.165, 1.54) is 11.6 Å². The second-order valence-electron chi connectivity index (χ2n) is 8.82. The second kappa shape index (κ2) is 10.1. The van der Waals surface area contributed by atoms with Crippen molar-refractivity contribution in [1.29, 1.82) is 0 Å². The molecule has 3 aromatic rings. The van der Waals surface area contributed by atoms with Gasteiger partial charge in [0.05, 0.1) is 17.1 Å². The zero-order chi connectivity index (χ0) is 22.5. The molecule has 1 fully saturated rings. The Morgan fingerprint density at radius 1 is 1.16 bits per heavy atom. The van der Waals surface area contributed by atoms with E-state index in [1.807, 2.05) is 11.6 Å². The fourth-order valence-electron chi connectivity index (χ4n) is 4.58. The van der Waals surface area contributed by atoms with Crippen LogP contribution < -0.4 is 5.32 Å². The number of nitrogens with one attached hydrogen (secondary N) is 1. The zero-order valence-electron chi connectivity index (χ0n) is 18.9. The van der Waals surface area contributed by atoms with E-state index in [0.717, 1.165) is 56.0 Å². The summed E-state index contributed by atoms with van der Waals surface area (Å²) in [5, 5.41) is 7.29. The van der Waals surface area contributed by atoms with E-state index in [4.69, 9.17) is 0 Å². The van der Waals surface area contributed by atoms with Gasteiger partial charge >= 0.3 is 0 Å². The lowest BCUT2D eigenvalue weighted by Gasteiger charge is -2.32. The van der Waals surface area contributed by atoms with E-state index in [-0.39, 0.29) is 11.6 Å². The molecule has 1 saturated heterocycles. The number of amides is 1. The van der Waals surface area contributed by atoms with E-state index >= 15 is 0 Å². The van der Waals surface area contributed by atoms with Crippen molar-refractivity contribution in [2.24, 2.45) is 5.92 Å². The number of aryl methyl sites for hydroxylation is 2. The smallest absolute Gasteiger partial charge is 0.224 e. The largest absolute Gasteiger partial charge is 0.324 e. The number of hydrogen-bond acceptors (Lipinski definition) is 3. The van der Waals surface area contributed by atoms with E-state index in [1.54, 1.807) is 18.2 Å². The van der Waals surface area contributed by atoms with Gasteiger partial charge in [-0.05, 0) is 81.5 Å². The molecule has 1 aliphatic rings. The number of rotatable bonds is 7. The molecule has 1 amide bonds. The lowest BCUT2D eigenvalue weighted by molar-refractivity contribution is -0.116. The van der Waals surface area contributed by atoms with Crippen LogP contribution in [0.2, 0.25) is 0 Å². The average molecular weight is 435 g/mol. The van der Waals surface area contributed by atoms with Crippen LogP contribution in [-0.2, 0) is 11.3 Å². The van der Waals surface area contributed by atoms with Crippen LogP contribution in [-0.4, -0.2) is 33.7 Å². The molecule has 0 aliphatic carbocycles. The number of halogens is 1.